The van der Waals surface area contributed by atoms with E-state index in [1.807, 2.05) is 18.2 Å². The average Bonchev–Trinajstić information content (AvgIpc) is 3.07. The largest absolute Gasteiger partial charge is 0.486 e. The summed E-state index contributed by atoms with van der Waals surface area (Å²) in [5, 5.41) is 11.5. The van der Waals surface area contributed by atoms with Crippen LogP contribution in [0.4, 0.5) is 4.79 Å². The number of carboxylic acids is 1. The van der Waals surface area contributed by atoms with Gasteiger partial charge in [0.25, 0.3) is 0 Å². The molecule has 130 valence electrons. The monoisotopic (exact) mass is 334 g/mol. The fourth-order valence-electron chi connectivity index (χ4n) is 3.23. The second-order valence-electron chi connectivity index (χ2n) is 5.95. The van der Waals surface area contributed by atoms with Gasteiger partial charge >= 0.3 is 12.0 Å². The van der Waals surface area contributed by atoms with E-state index in [2.05, 4.69) is 5.32 Å². The number of carbonyl (C=O) groups excluding carboxylic acids is 1. The van der Waals surface area contributed by atoms with Crippen LogP contribution in [0.2, 0.25) is 0 Å². The van der Waals surface area contributed by atoms with Gasteiger partial charge in [-0.15, -0.1) is 0 Å². The van der Waals surface area contributed by atoms with E-state index < -0.39 is 5.97 Å². The molecule has 2 heterocycles. The van der Waals surface area contributed by atoms with Crippen LogP contribution < -0.4 is 14.8 Å². The third-order valence-electron chi connectivity index (χ3n) is 4.31. The Morgan fingerprint density at radius 2 is 2.12 bits per heavy atom. The zero-order chi connectivity index (χ0) is 16.9. The second kappa shape index (κ2) is 7.42. The Labute approximate surface area is 140 Å². The molecular formula is C17H22N2O5. The van der Waals surface area contributed by atoms with Crippen LogP contribution in [0, 0.1) is 0 Å². The van der Waals surface area contributed by atoms with Crippen LogP contribution in [-0.4, -0.2) is 48.3 Å². The molecule has 1 unspecified atom stereocenters. The highest BCUT2D eigenvalue weighted by molar-refractivity contribution is 5.75. The van der Waals surface area contributed by atoms with E-state index in [9.17, 15) is 9.59 Å². The molecule has 24 heavy (non-hydrogen) atoms. The van der Waals surface area contributed by atoms with Crippen molar-refractivity contribution in [2.24, 2.45) is 0 Å². The zero-order valence-electron chi connectivity index (χ0n) is 13.5. The van der Waals surface area contributed by atoms with Crippen LogP contribution in [0.15, 0.2) is 18.2 Å². The molecule has 0 bridgehead atoms. The lowest BCUT2D eigenvalue weighted by atomic mass is 10.0. The van der Waals surface area contributed by atoms with Gasteiger partial charge in [-0.25, -0.2) is 4.79 Å². The number of para-hydroxylation sites is 1. The van der Waals surface area contributed by atoms with E-state index in [1.165, 1.54) is 0 Å². The fourth-order valence-corrected chi connectivity index (χ4v) is 3.23. The molecule has 2 aliphatic rings. The molecule has 1 fully saturated rings. The summed E-state index contributed by atoms with van der Waals surface area (Å²) in [4.78, 5) is 24.8. The molecule has 3 rings (SSSR count). The first kappa shape index (κ1) is 16.4. The van der Waals surface area contributed by atoms with Crippen LogP contribution >= 0.6 is 0 Å². The van der Waals surface area contributed by atoms with Crippen molar-refractivity contribution >= 4 is 12.0 Å². The molecule has 1 atom stereocenters. The van der Waals surface area contributed by atoms with E-state index in [4.69, 9.17) is 14.6 Å². The maximum Gasteiger partial charge on any atom is 0.317 e. The normalized spacial score (nSPS) is 19.2. The number of carboxylic acid groups (broad SMARTS) is 1. The van der Waals surface area contributed by atoms with E-state index in [1.54, 1.807) is 4.90 Å². The van der Waals surface area contributed by atoms with Gasteiger partial charge < -0.3 is 24.8 Å². The third kappa shape index (κ3) is 3.55. The molecule has 2 aliphatic heterocycles. The number of benzene rings is 1. The quantitative estimate of drug-likeness (QED) is 0.806. The van der Waals surface area contributed by atoms with Gasteiger partial charge in [-0.05, 0) is 25.3 Å². The summed E-state index contributed by atoms with van der Waals surface area (Å²) in [6.45, 7) is 2.09. The topological polar surface area (TPSA) is 88.1 Å². The number of fused-ring (bicyclic) bond motifs is 1. The van der Waals surface area contributed by atoms with Gasteiger partial charge in [0.15, 0.2) is 11.5 Å². The van der Waals surface area contributed by atoms with Crippen LogP contribution in [0.25, 0.3) is 0 Å². The van der Waals surface area contributed by atoms with Gasteiger partial charge in [0, 0.05) is 25.1 Å². The number of ether oxygens (including phenoxy) is 2. The summed E-state index contributed by atoms with van der Waals surface area (Å²) in [7, 11) is 0. The van der Waals surface area contributed by atoms with Crippen molar-refractivity contribution in [2.75, 3.05) is 26.3 Å². The number of nitrogens with one attached hydrogen (secondary N) is 1. The number of nitrogens with zero attached hydrogens (tertiary/aromatic N) is 1. The number of likely N-dealkylation sites (tertiary alicyclic amines) is 1. The predicted molar refractivity (Wildman–Crippen MR) is 86.4 cm³/mol. The highest BCUT2D eigenvalue weighted by atomic mass is 16.6. The number of urea groups is 1. The Bertz CT molecular complexity index is 619. The lowest BCUT2D eigenvalue weighted by Gasteiger charge is -2.29. The van der Waals surface area contributed by atoms with E-state index in [0.717, 1.165) is 29.9 Å². The molecular weight excluding hydrogens is 312 g/mol. The average molecular weight is 334 g/mol. The van der Waals surface area contributed by atoms with Gasteiger partial charge in [0.2, 0.25) is 0 Å². The maximum atomic E-state index is 12.4. The van der Waals surface area contributed by atoms with Gasteiger partial charge in [-0.1, -0.05) is 12.1 Å². The van der Waals surface area contributed by atoms with Crippen LogP contribution in [0.1, 0.15) is 37.3 Å². The summed E-state index contributed by atoms with van der Waals surface area (Å²) in [6, 6.07) is 5.58. The Kier molecular flexibility index (Phi) is 5.08. The Morgan fingerprint density at radius 3 is 2.96 bits per heavy atom. The van der Waals surface area contributed by atoms with Crippen molar-refractivity contribution in [2.45, 2.75) is 31.7 Å². The number of aliphatic carboxylic acids is 1. The van der Waals surface area contributed by atoms with Crippen LogP contribution in [0.5, 0.6) is 11.5 Å². The molecule has 1 saturated heterocycles. The second-order valence-corrected chi connectivity index (χ2v) is 5.95. The molecule has 7 heteroatoms. The molecule has 1 aromatic rings. The van der Waals surface area contributed by atoms with Crippen molar-refractivity contribution in [1.82, 2.24) is 10.2 Å². The number of hydrogen-bond acceptors (Lipinski definition) is 4. The maximum absolute atomic E-state index is 12.4. The molecule has 0 aliphatic carbocycles. The standard InChI is InChI=1S/C17H22N2O5/c20-15(21)7-2-8-18-17(22)19-9-3-5-13(19)12-4-1-6-14-16(12)24-11-10-23-14/h1,4,6,13H,2-3,5,7-11H2,(H,18,22)(H,20,21). The molecule has 0 aromatic heterocycles. The lowest BCUT2D eigenvalue weighted by molar-refractivity contribution is -0.137. The Morgan fingerprint density at radius 1 is 1.29 bits per heavy atom. The first-order valence-electron chi connectivity index (χ1n) is 8.31. The SMILES string of the molecule is O=C(O)CCCNC(=O)N1CCCC1c1cccc2c1OCCO2. The predicted octanol–water partition coefficient (Wildman–Crippen LogP) is 2.17. The fraction of sp³-hybridized carbons (Fsp3) is 0.529. The molecule has 0 saturated carbocycles. The van der Waals surface area contributed by atoms with Crippen LogP contribution in [-0.2, 0) is 4.79 Å². The van der Waals surface area contributed by atoms with Gasteiger partial charge in [0.1, 0.15) is 13.2 Å². The summed E-state index contributed by atoms with van der Waals surface area (Å²) in [6.07, 6.45) is 2.29. The van der Waals surface area contributed by atoms with Gasteiger partial charge in [-0.3, -0.25) is 4.79 Å². The first-order chi connectivity index (χ1) is 11.7. The molecule has 0 spiro atoms. The Hall–Kier alpha value is -2.44. The molecule has 0 radical (unpaired) electrons. The lowest BCUT2D eigenvalue weighted by Crippen LogP contribution is -2.40. The summed E-state index contributed by atoms with van der Waals surface area (Å²) in [5.41, 5.74) is 0.977. The minimum Gasteiger partial charge on any atom is -0.486 e. The highest BCUT2D eigenvalue weighted by Gasteiger charge is 2.33. The summed E-state index contributed by atoms with van der Waals surface area (Å²) < 4.78 is 11.4. The minimum atomic E-state index is -0.851. The highest BCUT2D eigenvalue weighted by Crippen LogP contribution is 2.42. The third-order valence-corrected chi connectivity index (χ3v) is 4.31. The van der Waals surface area contributed by atoms with Crippen LogP contribution in [0.3, 0.4) is 0 Å². The molecule has 2 amide bonds. The minimum absolute atomic E-state index is 0.0406. The van der Waals surface area contributed by atoms with E-state index in [-0.39, 0.29) is 18.5 Å². The number of carbonyl (C=O) groups is 2. The summed E-state index contributed by atoms with van der Waals surface area (Å²) in [5.74, 6) is 0.614. The van der Waals surface area contributed by atoms with E-state index >= 15 is 0 Å². The molecule has 2 N–H and O–H groups in total. The zero-order valence-corrected chi connectivity index (χ0v) is 13.5. The molecule has 1 aromatic carbocycles. The van der Waals surface area contributed by atoms with Crippen molar-refractivity contribution in [3.05, 3.63) is 23.8 Å². The number of amides is 2. The van der Waals surface area contributed by atoms with Crippen molar-refractivity contribution in [3.8, 4) is 11.5 Å². The first-order valence-corrected chi connectivity index (χ1v) is 8.31. The van der Waals surface area contributed by atoms with Crippen molar-refractivity contribution in [3.63, 3.8) is 0 Å². The number of rotatable bonds is 5. The van der Waals surface area contributed by atoms with Crippen molar-refractivity contribution < 1.29 is 24.2 Å². The van der Waals surface area contributed by atoms with Gasteiger partial charge in [0.05, 0.1) is 6.04 Å². The molecule has 7 nitrogen and oxygen atoms in total. The Balaban J connectivity index is 1.67. The summed E-state index contributed by atoms with van der Waals surface area (Å²) >= 11 is 0. The smallest absolute Gasteiger partial charge is 0.317 e. The van der Waals surface area contributed by atoms with Crippen molar-refractivity contribution in [1.29, 1.82) is 0 Å². The van der Waals surface area contributed by atoms with Gasteiger partial charge in [-0.2, -0.15) is 0 Å². The van der Waals surface area contributed by atoms with E-state index in [0.29, 0.717) is 32.7 Å². The number of hydrogen-bond donors (Lipinski definition) is 2.